The van der Waals surface area contributed by atoms with Gasteiger partial charge in [0, 0.05) is 55.5 Å². The van der Waals surface area contributed by atoms with Crippen LogP contribution in [0.15, 0.2) is 36.4 Å². The predicted octanol–water partition coefficient (Wildman–Crippen LogP) is 3.14. The molecule has 1 heterocycles. The van der Waals surface area contributed by atoms with Gasteiger partial charge in [0.15, 0.2) is 11.6 Å². The fourth-order valence-corrected chi connectivity index (χ4v) is 3.20. The minimum atomic E-state index is -0.866. The molecule has 27 heavy (non-hydrogen) atoms. The largest absolute Gasteiger partial charge is 0.336 e. The molecule has 2 aromatic rings. The molecule has 0 atom stereocenters. The summed E-state index contributed by atoms with van der Waals surface area (Å²) >= 11 is 0. The standard InChI is InChI=1S/C19H19F2N3O3/c1-13-11-14(5-6-17(13)24(26)27)19(25)23-9-7-22(8-10-23)12-15-3-2-4-16(20)18(15)21/h2-6,11H,7-10,12H2,1H3. The van der Waals surface area contributed by atoms with E-state index < -0.39 is 16.6 Å². The molecule has 6 nitrogen and oxygen atoms in total. The van der Waals surface area contributed by atoms with E-state index in [0.29, 0.717) is 42.9 Å². The predicted molar refractivity (Wildman–Crippen MR) is 95.4 cm³/mol. The van der Waals surface area contributed by atoms with Crippen LogP contribution in [0.5, 0.6) is 0 Å². The second-order valence-electron chi connectivity index (χ2n) is 6.54. The molecule has 0 N–H and O–H groups in total. The van der Waals surface area contributed by atoms with Crippen molar-refractivity contribution in [3.63, 3.8) is 0 Å². The number of hydrogen-bond acceptors (Lipinski definition) is 4. The lowest BCUT2D eigenvalue weighted by molar-refractivity contribution is -0.385. The van der Waals surface area contributed by atoms with Crippen molar-refractivity contribution in [1.82, 2.24) is 9.80 Å². The summed E-state index contributed by atoms with van der Waals surface area (Å²) in [4.78, 5) is 26.7. The molecule has 3 rings (SSSR count). The molecular formula is C19H19F2N3O3. The first-order chi connectivity index (χ1) is 12.9. The first kappa shape index (κ1) is 18.9. The Kier molecular flexibility index (Phi) is 5.46. The van der Waals surface area contributed by atoms with Gasteiger partial charge < -0.3 is 4.90 Å². The summed E-state index contributed by atoms with van der Waals surface area (Å²) in [5.74, 6) is -1.89. The van der Waals surface area contributed by atoms with E-state index in [1.165, 1.54) is 24.3 Å². The van der Waals surface area contributed by atoms with Gasteiger partial charge in [-0.15, -0.1) is 0 Å². The molecule has 0 saturated carbocycles. The van der Waals surface area contributed by atoms with E-state index >= 15 is 0 Å². The Balaban J connectivity index is 1.62. The van der Waals surface area contributed by atoms with Crippen LogP contribution in [0.1, 0.15) is 21.5 Å². The Morgan fingerprint density at radius 3 is 2.48 bits per heavy atom. The first-order valence-electron chi connectivity index (χ1n) is 8.56. The summed E-state index contributed by atoms with van der Waals surface area (Å²) in [5, 5.41) is 10.9. The third kappa shape index (κ3) is 4.11. The molecule has 142 valence electrons. The van der Waals surface area contributed by atoms with Crippen molar-refractivity contribution in [2.24, 2.45) is 0 Å². The topological polar surface area (TPSA) is 66.7 Å². The number of nitrogens with zero attached hydrogens (tertiary/aromatic N) is 3. The third-order valence-electron chi connectivity index (χ3n) is 4.73. The number of amides is 1. The number of piperazine rings is 1. The van der Waals surface area contributed by atoms with Crippen LogP contribution in [0.2, 0.25) is 0 Å². The van der Waals surface area contributed by atoms with E-state index in [2.05, 4.69) is 0 Å². The van der Waals surface area contributed by atoms with Gasteiger partial charge in [-0.25, -0.2) is 8.78 Å². The molecule has 1 saturated heterocycles. The zero-order valence-corrected chi connectivity index (χ0v) is 14.8. The molecule has 0 aromatic heterocycles. The van der Waals surface area contributed by atoms with Gasteiger partial charge >= 0.3 is 0 Å². The van der Waals surface area contributed by atoms with Crippen LogP contribution in [0.25, 0.3) is 0 Å². The van der Waals surface area contributed by atoms with E-state index in [-0.39, 0.29) is 18.1 Å². The van der Waals surface area contributed by atoms with Gasteiger partial charge in [-0.3, -0.25) is 19.8 Å². The fourth-order valence-electron chi connectivity index (χ4n) is 3.20. The Bertz CT molecular complexity index is 880. The van der Waals surface area contributed by atoms with Crippen LogP contribution >= 0.6 is 0 Å². The maximum atomic E-state index is 13.8. The monoisotopic (exact) mass is 375 g/mol. The van der Waals surface area contributed by atoms with E-state index in [9.17, 15) is 23.7 Å². The molecule has 1 amide bonds. The number of carbonyl (C=O) groups excluding carboxylic acids is 1. The normalized spacial score (nSPS) is 15.0. The van der Waals surface area contributed by atoms with E-state index in [0.717, 1.165) is 6.07 Å². The zero-order valence-electron chi connectivity index (χ0n) is 14.8. The summed E-state index contributed by atoms with van der Waals surface area (Å²) in [6.45, 7) is 3.85. The molecule has 2 aromatic carbocycles. The molecule has 0 radical (unpaired) electrons. The first-order valence-corrected chi connectivity index (χ1v) is 8.56. The van der Waals surface area contributed by atoms with Gasteiger partial charge in [0.2, 0.25) is 0 Å². The molecular weight excluding hydrogens is 356 g/mol. The molecule has 1 aliphatic rings. The molecule has 0 aliphatic carbocycles. The van der Waals surface area contributed by atoms with Crippen molar-refractivity contribution < 1.29 is 18.5 Å². The second-order valence-corrected chi connectivity index (χ2v) is 6.54. The van der Waals surface area contributed by atoms with Crippen molar-refractivity contribution in [1.29, 1.82) is 0 Å². The number of halogens is 2. The van der Waals surface area contributed by atoms with Gasteiger partial charge in [-0.2, -0.15) is 0 Å². The smallest absolute Gasteiger partial charge is 0.272 e. The van der Waals surface area contributed by atoms with Crippen molar-refractivity contribution >= 4 is 11.6 Å². The van der Waals surface area contributed by atoms with Crippen molar-refractivity contribution in [3.8, 4) is 0 Å². The summed E-state index contributed by atoms with van der Waals surface area (Å²) in [6.07, 6.45) is 0. The number of hydrogen-bond donors (Lipinski definition) is 0. The van der Waals surface area contributed by atoms with Crippen LogP contribution in [-0.4, -0.2) is 46.8 Å². The van der Waals surface area contributed by atoms with Crippen molar-refractivity contribution in [3.05, 3.63) is 74.8 Å². The SMILES string of the molecule is Cc1cc(C(=O)N2CCN(Cc3cccc(F)c3F)CC2)ccc1[N+](=O)[O-]. The average molecular weight is 375 g/mol. The van der Waals surface area contributed by atoms with Crippen LogP contribution in [0.3, 0.4) is 0 Å². The average Bonchev–Trinajstić information content (AvgIpc) is 2.65. The molecule has 1 fully saturated rings. The summed E-state index contributed by atoms with van der Waals surface area (Å²) in [6, 6.07) is 8.43. The van der Waals surface area contributed by atoms with Crippen molar-refractivity contribution in [2.45, 2.75) is 13.5 Å². The Hall–Kier alpha value is -2.87. The Morgan fingerprint density at radius 2 is 1.85 bits per heavy atom. The van der Waals surface area contributed by atoms with Gasteiger partial charge in [-0.1, -0.05) is 12.1 Å². The van der Waals surface area contributed by atoms with E-state index in [1.54, 1.807) is 17.9 Å². The quantitative estimate of drug-likeness (QED) is 0.608. The molecule has 0 unspecified atom stereocenters. The molecule has 8 heteroatoms. The lowest BCUT2D eigenvalue weighted by atomic mass is 10.1. The molecule has 1 aliphatic heterocycles. The van der Waals surface area contributed by atoms with Gasteiger partial charge in [-0.05, 0) is 25.1 Å². The zero-order chi connectivity index (χ0) is 19.6. The van der Waals surface area contributed by atoms with Crippen LogP contribution < -0.4 is 0 Å². The lowest BCUT2D eigenvalue weighted by Crippen LogP contribution is -2.48. The number of aryl methyl sites for hydroxylation is 1. The Morgan fingerprint density at radius 1 is 1.15 bits per heavy atom. The summed E-state index contributed by atoms with van der Waals surface area (Å²) in [7, 11) is 0. The fraction of sp³-hybridized carbons (Fsp3) is 0.316. The third-order valence-corrected chi connectivity index (χ3v) is 4.73. The highest BCUT2D eigenvalue weighted by Gasteiger charge is 2.24. The van der Waals surface area contributed by atoms with Crippen LogP contribution in [0.4, 0.5) is 14.5 Å². The maximum Gasteiger partial charge on any atom is 0.272 e. The molecule has 0 spiro atoms. The van der Waals surface area contributed by atoms with E-state index in [4.69, 9.17) is 0 Å². The maximum absolute atomic E-state index is 13.8. The van der Waals surface area contributed by atoms with Gasteiger partial charge in [0.1, 0.15) is 0 Å². The lowest BCUT2D eigenvalue weighted by Gasteiger charge is -2.34. The minimum Gasteiger partial charge on any atom is -0.336 e. The summed E-state index contributed by atoms with van der Waals surface area (Å²) in [5.41, 5.74) is 1.11. The summed E-state index contributed by atoms with van der Waals surface area (Å²) < 4.78 is 27.1. The van der Waals surface area contributed by atoms with Gasteiger partial charge in [0.25, 0.3) is 11.6 Å². The highest BCUT2D eigenvalue weighted by atomic mass is 19.2. The number of rotatable bonds is 4. The number of carbonyl (C=O) groups is 1. The highest BCUT2D eigenvalue weighted by molar-refractivity contribution is 5.94. The number of benzene rings is 2. The second kappa shape index (κ2) is 7.79. The minimum absolute atomic E-state index is 0.0199. The van der Waals surface area contributed by atoms with Gasteiger partial charge in [0.05, 0.1) is 4.92 Å². The number of nitro benzene ring substituents is 1. The van der Waals surface area contributed by atoms with E-state index in [1.807, 2.05) is 4.90 Å². The molecule has 0 bridgehead atoms. The highest BCUT2D eigenvalue weighted by Crippen LogP contribution is 2.21. The van der Waals surface area contributed by atoms with Crippen molar-refractivity contribution in [2.75, 3.05) is 26.2 Å². The van der Waals surface area contributed by atoms with Crippen LogP contribution in [0, 0.1) is 28.7 Å². The number of nitro groups is 1. The van der Waals surface area contributed by atoms with Crippen LogP contribution in [-0.2, 0) is 6.54 Å². The Labute approximate surface area is 155 Å².